The molecule has 102 valence electrons. The molecule has 1 atom stereocenters. The standard InChI is InChI=1S/C13H12N4O3/c1-7-3-4-10-9(5-7)6-11(20-10)12-14-15-16-17(12)8(2)13(18)19/h3-6,8H,1-2H3,(H,18,19). The highest BCUT2D eigenvalue weighted by Gasteiger charge is 2.22. The van der Waals surface area contributed by atoms with Gasteiger partial charge in [0.05, 0.1) is 0 Å². The highest BCUT2D eigenvalue weighted by Crippen LogP contribution is 2.27. The summed E-state index contributed by atoms with van der Waals surface area (Å²) in [5.41, 5.74) is 1.83. The Balaban J connectivity index is 2.12. The number of rotatable bonds is 3. The second-order valence-electron chi connectivity index (χ2n) is 4.61. The molecule has 2 heterocycles. The Hall–Kier alpha value is -2.70. The van der Waals surface area contributed by atoms with E-state index < -0.39 is 12.0 Å². The number of hydrogen-bond donors (Lipinski definition) is 1. The molecular formula is C13H12N4O3. The van der Waals surface area contributed by atoms with Gasteiger partial charge in [-0.3, -0.25) is 0 Å². The molecule has 7 nitrogen and oxygen atoms in total. The third-order valence-electron chi connectivity index (χ3n) is 3.11. The summed E-state index contributed by atoms with van der Waals surface area (Å²) in [6.07, 6.45) is 0. The van der Waals surface area contributed by atoms with Gasteiger partial charge in [0.2, 0.25) is 5.82 Å². The lowest BCUT2D eigenvalue weighted by atomic mass is 10.2. The third kappa shape index (κ3) is 1.93. The van der Waals surface area contributed by atoms with Crippen molar-refractivity contribution < 1.29 is 14.3 Å². The molecule has 0 amide bonds. The van der Waals surface area contributed by atoms with Gasteiger partial charge in [-0.1, -0.05) is 11.6 Å². The largest absolute Gasteiger partial charge is 0.480 e. The molecule has 1 aromatic carbocycles. The van der Waals surface area contributed by atoms with Crippen molar-refractivity contribution in [2.75, 3.05) is 0 Å². The number of carboxylic acid groups (broad SMARTS) is 1. The Morgan fingerprint density at radius 2 is 2.20 bits per heavy atom. The van der Waals surface area contributed by atoms with E-state index in [0.29, 0.717) is 17.2 Å². The van der Waals surface area contributed by atoms with Crippen LogP contribution in [0.4, 0.5) is 0 Å². The Morgan fingerprint density at radius 1 is 1.40 bits per heavy atom. The van der Waals surface area contributed by atoms with Crippen LogP contribution < -0.4 is 0 Å². The van der Waals surface area contributed by atoms with Gasteiger partial charge < -0.3 is 9.52 Å². The highest BCUT2D eigenvalue weighted by atomic mass is 16.4. The fourth-order valence-corrected chi connectivity index (χ4v) is 1.99. The van der Waals surface area contributed by atoms with Gasteiger partial charge in [-0.25, -0.2) is 9.48 Å². The van der Waals surface area contributed by atoms with E-state index in [0.717, 1.165) is 10.9 Å². The fraction of sp³-hybridized carbons (Fsp3) is 0.231. The minimum Gasteiger partial charge on any atom is -0.480 e. The average Bonchev–Trinajstić information content (AvgIpc) is 3.02. The van der Waals surface area contributed by atoms with Crippen LogP contribution in [-0.2, 0) is 4.79 Å². The van der Waals surface area contributed by atoms with E-state index in [2.05, 4.69) is 15.5 Å². The number of benzene rings is 1. The molecule has 1 unspecified atom stereocenters. The first-order valence-corrected chi connectivity index (χ1v) is 6.07. The first kappa shape index (κ1) is 12.3. The quantitative estimate of drug-likeness (QED) is 0.784. The zero-order valence-electron chi connectivity index (χ0n) is 10.9. The van der Waals surface area contributed by atoms with Crippen molar-refractivity contribution >= 4 is 16.9 Å². The van der Waals surface area contributed by atoms with Gasteiger partial charge in [0.1, 0.15) is 5.58 Å². The summed E-state index contributed by atoms with van der Waals surface area (Å²) in [5.74, 6) is -0.261. The number of hydrogen-bond acceptors (Lipinski definition) is 5. The monoisotopic (exact) mass is 272 g/mol. The second kappa shape index (κ2) is 4.44. The molecule has 0 saturated heterocycles. The maximum Gasteiger partial charge on any atom is 0.328 e. The van der Waals surface area contributed by atoms with Gasteiger partial charge >= 0.3 is 5.97 Å². The van der Waals surface area contributed by atoms with Crippen molar-refractivity contribution in [3.63, 3.8) is 0 Å². The lowest BCUT2D eigenvalue weighted by Gasteiger charge is -2.06. The zero-order chi connectivity index (χ0) is 14.3. The topological polar surface area (TPSA) is 94.0 Å². The molecular weight excluding hydrogens is 260 g/mol. The minimum absolute atomic E-state index is 0.300. The zero-order valence-corrected chi connectivity index (χ0v) is 10.9. The lowest BCUT2D eigenvalue weighted by molar-refractivity contribution is -0.140. The van der Waals surface area contributed by atoms with Crippen LogP contribution in [0.1, 0.15) is 18.5 Å². The summed E-state index contributed by atoms with van der Waals surface area (Å²) >= 11 is 0. The third-order valence-corrected chi connectivity index (χ3v) is 3.11. The minimum atomic E-state index is -1.01. The van der Waals surface area contributed by atoms with Crippen molar-refractivity contribution in [2.24, 2.45) is 0 Å². The van der Waals surface area contributed by atoms with Crippen molar-refractivity contribution in [1.82, 2.24) is 20.2 Å². The van der Waals surface area contributed by atoms with Crippen LogP contribution in [0.3, 0.4) is 0 Å². The first-order chi connectivity index (χ1) is 9.56. The van der Waals surface area contributed by atoms with E-state index in [-0.39, 0.29) is 0 Å². The van der Waals surface area contributed by atoms with Crippen LogP contribution >= 0.6 is 0 Å². The molecule has 0 aliphatic heterocycles. The fourth-order valence-electron chi connectivity index (χ4n) is 1.99. The molecule has 1 N–H and O–H groups in total. The van der Waals surface area contributed by atoms with E-state index >= 15 is 0 Å². The van der Waals surface area contributed by atoms with Gasteiger partial charge in [0.15, 0.2) is 11.8 Å². The number of carbonyl (C=O) groups is 1. The number of tetrazole rings is 1. The Morgan fingerprint density at radius 3 is 2.95 bits per heavy atom. The number of aryl methyl sites for hydroxylation is 1. The number of aromatic nitrogens is 4. The summed E-state index contributed by atoms with van der Waals surface area (Å²) in [6, 6.07) is 6.73. The number of carboxylic acids is 1. The SMILES string of the molecule is Cc1ccc2oc(-c3nnnn3C(C)C(=O)O)cc2c1. The average molecular weight is 272 g/mol. The van der Waals surface area contributed by atoms with E-state index in [9.17, 15) is 4.79 Å². The molecule has 0 radical (unpaired) electrons. The molecule has 0 aliphatic rings. The summed E-state index contributed by atoms with van der Waals surface area (Å²) in [7, 11) is 0. The molecule has 0 aliphatic carbocycles. The Labute approximate surface area is 113 Å². The number of furan rings is 1. The predicted molar refractivity (Wildman–Crippen MR) is 70.1 cm³/mol. The number of aliphatic carboxylic acids is 1. The molecule has 0 saturated carbocycles. The summed E-state index contributed by atoms with van der Waals surface area (Å²) in [5, 5.41) is 21.1. The van der Waals surface area contributed by atoms with Crippen LogP contribution in [-0.4, -0.2) is 31.3 Å². The van der Waals surface area contributed by atoms with Crippen LogP contribution in [0.2, 0.25) is 0 Å². The maximum atomic E-state index is 11.1. The Kier molecular flexibility index (Phi) is 2.74. The van der Waals surface area contributed by atoms with Gasteiger partial charge in [0, 0.05) is 5.39 Å². The van der Waals surface area contributed by atoms with Crippen molar-refractivity contribution in [2.45, 2.75) is 19.9 Å². The molecule has 0 bridgehead atoms. The second-order valence-corrected chi connectivity index (χ2v) is 4.61. The molecule has 0 fully saturated rings. The lowest BCUT2D eigenvalue weighted by Crippen LogP contribution is -2.17. The molecule has 2 aromatic heterocycles. The van der Waals surface area contributed by atoms with Crippen molar-refractivity contribution in [1.29, 1.82) is 0 Å². The molecule has 20 heavy (non-hydrogen) atoms. The van der Waals surface area contributed by atoms with Gasteiger partial charge in [-0.2, -0.15) is 0 Å². The number of fused-ring (bicyclic) bond motifs is 1. The molecule has 3 rings (SSSR count). The smallest absolute Gasteiger partial charge is 0.328 e. The predicted octanol–water partition coefficient (Wildman–Crippen LogP) is 2.04. The van der Waals surface area contributed by atoms with Gasteiger partial charge in [-0.15, -0.1) is 5.10 Å². The summed E-state index contributed by atoms with van der Waals surface area (Å²) in [4.78, 5) is 11.1. The van der Waals surface area contributed by atoms with Crippen LogP contribution in [0.5, 0.6) is 0 Å². The van der Waals surface area contributed by atoms with Gasteiger partial charge in [-0.05, 0) is 42.5 Å². The summed E-state index contributed by atoms with van der Waals surface area (Å²) < 4.78 is 6.91. The highest BCUT2D eigenvalue weighted by molar-refractivity contribution is 5.82. The molecule has 3 aromatic rings. The number of nitrogens with zero attached hydrogens (tertiary/aromatic N) is 4. The van der Waals surface area contributed by atoms with Crippen molar-refractivity contribution in [3.8, 4) is 11.6 Å². The maximum absolute atomic E-state index is 11.1. The van der Waals surface area contributed by atoms with E-state index in [1.807, 2.05) is 25.1 Å². The normalized spacial score (nSPS) is 12.7. The van der Waals surface area contributed by atoms with Crippen LogP contribution in [0.25, 0.3) is 22.6 Å². The van der Waals surface area contributed by atoms with Crippen LogP contribution in [0.15, 0.2) is 28.7 Å². The Bertz CT molecular complexity index is 790. The van der Waals surface area contributed by atoms with E-state index in [1.165, 1.54) is 11.6 Å². The van der Waals surface area contributed by atoms with E-state index in [4.69, 9.17) is 9.52 Å². The molecule has 0 spiro atoms. The van der Waals surface area contributed by atoms with Crippen molar-refractivity contribution in [3.05, 3.63) is 29.8 Å². The van der Waals surface area contributed by atoms with Gasteiger partial charge in [0.25, 0.3) is 0 Å². The summed E-state index contributed by atoms with van der Waals surface area (Å²) in [6.45, 7) is 3.50. The molecule has 7 heteroatoms. The van der Waals surface area contributed by atoms with E-state index in [1.54, 1.807) is 6.07 Å². The van der Waals surface area contributed by atoms with Crippen LogP contribution in [0, 0.1) is 6.92 Å². The first-order valence-electron chi connectivity index (χ1n) is 6.07.